The highest BCUT2D eigenvalue weighted by molar-refractivity contribution is 5.72. The third-order valence-corrected chi connectivity index (χ3v) is 4.41. The first-order chi connectivity index (χ1) is 13.1. The first-order valence-corrected chi connectivity index (χ1v) is 8.98. The summed E-state index contributed by atoms with van der Waals surface area (Å²) >= 11 is 0. The molecule has 0 saturated heterocycles. The zero-order valence-corrected chi connectivity index (χ0v) is 15.6. The molecule has 6 heteroatoms. The minimum absolute atomic E-state index is 0.134. The molecule has 0 aliphatic carbocycles. The highest BCUT2D eigenvalue weighted by Crippen LogP contribution is 2.28. The van der Waals surface area contributed by atoms with Gasteiger partial charge >= 0.3 is 5.97 Å². The molecule has 1 N–H and O–H groups in total. The smallest absolute Gasteiger partial charge is 0.343 e. The lowest BCUT2D eigenvalue weighted by atomic mass is 10.0. The Bertz CT molecular complexity index is 919. The van der Waals surface area contributed by atoms with Crippen molar-refractivity contribution < 1.29 is 19.4 Å². The van der Waals surface area contributed by atoms with Gasteiger partial charge in [-0.2, -0.15) is 5.10 Å². The summed E-state index contributed by atoms with van der Waals surface area (Å²) in [7, 11) is 1.33. The van der Waals surface area contributed by atoms with Gasteiger partial charge < -0.3 is 14.6 Å². The Morgan fingerprint density at radius 1 is 1.22 bits per heavy atom. The summed E-state index contributed by atoms with van der Waals surface area (Å²) in [5.74, 6) is 0.164. The van der Waals surface area contributed by atoms with Crippen LogP contribution in [0.25, 0.3) is 5.52 Å². The van der Waals surface area contributed by atoms with Crippen molar-refractivity contribution in [2.75, 3.05) is 20.3 Å². The number of fused-ring (bicyclic) bond motifs is 1. The van der Waals surface area contributed by atoms with E-state index in [4.69, 9.17) is 4.74 Å². The maximum atomic E-state index is 11.5. The number of carbonyl (C=O) groups excluding carboxylic acids is 1. The number of benzene rings is 1. The second kappa shape index (κ2) is 8.68. The summed E-state index contributed by atoms with van der Waals surface area (Å²) in [6.07, 6.45) is 2.15. The molecule has 0 spiro atoms. The summed E-state index contributed by atoms with van der Waals surface area (Å²) < 4.78 is 12.2. The van der Waals surface area contributed by atoms with Gasteiger partial charge in [-0.25, -0.2) is 9.31 Å². The molecular formula is C21H24N2O4. The van der Waals surface area contributed by atoms with Gasteiger partial charge in [0, 0.05) is 19.1 Å². The molecule has 0 unspecified atom stereocenters. The number of esters is 1. The number of ether oxygens (including phenoxy) is 2. The molecule has 0 aliphatic heterocycles. The summed E-state index contributed by atoms with van der Waals surface area (Å²) in [5.41, 5.74) is 4.97. The van der Waals surface area contributed by atoms with Crippen LogP contribution in [-0.4, -0.2) is 41.0 Å². The standard InChI is InChI=1S/C21H24N2O4/c1-15-11-20(27-14-21(25)26-2)19-13-17(9-6-10-24)18(23(19)22-15)12-16-7-4-3-5-8-16/h3-5,7-8,11,13,24H,6,9-10,12,14H2,1-2H3. The Morgan fingerprint density at radius 3 is 2.70 bits per heavy atom. The van der Waals surface area contributed by atoms with Crippen LogP contribution in [0, 0.1) is 6.92 Å². The number of rotatable bonds is 8. The summed E-state index contributed by atoms with van der Waals surface area (Å²) in [6, 6.07) is 14.0. The van der Waals surface area contributed by atoms with Gasteiger partial charge in [-0.1, -0.05) is 30.3 Å². The number of methoxy groups -OCH3 is 1. The van der Waals surface area contributed by atoms with Gasteiger partial charge in [0.1, 0.15) is 11.3 Å². The number of nitrogens with zero attached hydrogens (tertiary/aromatic N) is 2. The van der Waals surface area contributed by atoms with E-state index in [9.17, 15) is 9.90 Å². The van der Waals surface area contributed by atoms with Crippen LogP contribution >= 0.6 is 0 Å². The highest BCUT2D eigenvalue weighted by Gasteiger charge is 2.16. The van der Waals surface area contributed by atoms with E-state index in [1.165, 1.54) is 12.7 Å². The Kier molecular flexibility index (Phi) is 6.08. The fourth-order valence-electron chi connectivity index (χ4n) is 3.11. The normalized spacial score (nSPS) is 10.9. The molecule has 3 rings (SSSR count). The zero-order chi connectivity index (χ0) is 19.2. The fraction of sp³-hybridized carbons (Fsp3) is 0.333. The molecule has 0 atom stereocenters. The van der Waals surface area contributed by atoms with Gasteiger partial charge in [-0.05, 0) is 37.0 Å². The van der Waals surface area contributed by atoms with Crippen LogP contribution in [0.15, 0.2) is 42.5 Å². The first kappa shape index (κ1) is 18.9. The average Bonchev–Trinajstić information content (AvgIpc) is 3.02. The van der Waals surface area contributed by atoms with Crippen LogP contribution < -0.4 is 4.74 Å². The van der Waals surface area contributed by atoms with Gasteiger partial charge in [-0.15, -0.1) is 0 Å². The lowest BCUT2D eigenvalue weighted by Crippen LogP contribution is -2.13. The minimum Gasteiger partial charge on any atom is -0.480 e. The van der Waals surface area contributed by atoms with E-state index < -0.39 is 5.97 Å². The van der Waals surface area contributed by atoms with E-state index >= 15 is 0 Å². The van der Waals surface area contributed by atoms with Crippen molar-refractivity contribution in [3.63, 3.8) is 0 Å². The number of hydrogen-bond donors (Lipinski definition) is 1. The number of aryl methyl sites for hydroxylation is 2. The summed E-state index contributed by atoms with van der Waals surface area (Å²) in [4.78, 5) is 11.5. The van der Waals surface area contributed by atoms with E-state index in [1.54, 1.807) is 0 Å². The van der Waals surface area contributed by atoms with Gasteiger partial charge in [0.2, 0.25) is 0 Å². The second-order valence-electron chi connectivity index (χ2n) is 6.42. The molecule has 6 nitrogen and oxygen atoms in total. The number of carbonyl (C=O) groups is 1. The molecule has 0 aliphatic rings. The molecule has 1 aromatic carbocycles. The summed E-state index contributed by atoms with van der Waals surface area (Å²) in [6.45, 7) is 1.88. The molecule has 142 valence electrons. The van der Waals surface area contributed by atoms with E-state index in [2.05, 4.69) is 22.0 Å². The average molecular weight is 368 g/mol. The Morgan fingerprint density at radius 2 is 2.00 bits per heavy atom. The molecular weight excluding hydrogens is 344 g/mol. The van der Waals surface area contributed by atoms with Gasteiger partial charge in [-0.3, -0.25) is 0 Å². The SMILES string of the molecule is COC(=O)COc1cc(C)nn2c(Cc3ccccc3)c(CCCO)cc12. The third kappa shape index (κ3) is 4.46. The molecule has 3 aromatic rings. The van der Waals surface area contributed by atoms with E-state index in [0.29, 0.717) is 12.2 Å². The first-order valence-electron chi connectivity index (χ1n) is 8.98. The van der Waals surface area contributed by atoms with Crippen LogP contribution in [0.3, 0.4) is 0 Å². The molecule has 27 heavy (non-hydrogen) atoms. The quantitative estimate of drug-likeness (QED) is 0.619. The fourth-order valence-corrected chi connectivity index (χ4v) is 3.11. The van der Waals surface area contributed by atoms with E-state index in [-0.39, 0.29) is 13.2 Å². The lowest BCUT2D eigenvalue weighted by molar-refractivity contribution is -0.142. The largest absolute Gasteiger partial charge is 0.480 e. The second-order valence-corrected chi connectivity index (χ2v) is 6.42. The monoisotopic (exact) mass is 368 g/mol. The maximum absolute atomic E-state index is 11.5. The predicted molar refractivity (Wildman–Crippen MR) is 102 cm³/mol. The number of aliphatic hydroxyl groups excluding tert-OH is 1. The van der Waals surface area contributed by atoms with Crippen molar-refractivity contribution in [2.24, 2.45) is 0 Å². The van der Waals surface area contributed by atoms with Crippen molar-refractivity contribution in [2.45, 2.75) is 26.2 Å². The number of aromatic nitrogens is 2. The molecule has 0 amide bonds. The lowest BCUT2D eigenvalue weighted by Gasteiger charge is -2.10. The van der Waals surface area contributed by atoms with Crippen molar-refractivity contribution in [1.82, 2.24) is 9.61 Å². The van der Waals surface area contributed by atoms with Crippen molar-refractivity contribution >= 4 is 11.5 Å². The minimum atomic E-state index is -0.431. The molecule has 2 aromatic heterocycles. The Balaban J connectivity index is 2.05. The van der Waals surface area contributed by atoms with Gasteiger partial charge in [0.25, 0.3) is 0 Å². The van der Waals surface area contributed by atoms with E-state index in [0.717, 1.165) is 35.3 Å². The molecule has 2 heterocycles. The number of hydrogen-bond acceptors (Lipinski definition) is 5. The maximum Gasteiger partial charge on any atom is 0.343 e. The van der Waals surface area contributed by atoms with Gasteiger partial charge in [0.05, 0.1) is 18.5 Å². The van der Waals surface area contributed by atoms with Crippen LogP contribution in [0.2, 0.25) is 0 Å². The highest BCUT2D eigenvalue weighted by atomic mass is 16.6. The Labute approximate surface area is 158 Å². The van der Waals surface area contributed by atoms with Crippen molar-refractivity contribution in [3.8, 4) is 5.75 Å². The van der Waals surface area contributed by atoms with Gasteiger partial charge in [0.15, 0.2) is 6.61 Å². The zero-order valence-electron chi connectivity index (χ0n) is 15.6. The van der Waals surface area contributed by atoms with E-state index in [1.807, 2.05) is 41.8 Å². The van der Waals surface area contributed by atoms with Crippen LogP contribution in [0.4, 0.5) is 0 Å². The van der Waals surface area contributed by atoms with Crippen LogP contribution in [0.1, 0.15) is 28.9 Å². The summed E-state index contributed by atoms with van der Waals surface area (Å²) in [5, 5.41) is 13.9. The Hall–Kier alpha value is -2.86. The van der Waals surface area contributed by atoms with Crippen molar-refractivity contribution in [1.29, 1.82) is 0 Å². The van der Waals surface area contributed by atoms with Crippen LogP contribution in [0.5, 0.6) is 5.75 Å². The molecule has 0 saturated carbocycles. The topological polar surface area (TPSA) is 73.1 Å². The number of aliphatic hydroxyl groups is 1. The predicted octanol–water partition coefficient (Wildman–Crippen LogP) is 2.71. The molecule has 0 bridgehead atoms. The van der Waals surface area contributed by atoms with Crippen molar-refractivity contribution in [3.05, 3.63) is 65.0 Å². The molecule has 0 fully saturated rings. The van der Waals surface area contributed by atoms with Crippen LogP contribution in [-0.2, 0) is 22.4 Å². The molecule has 0 radical (unpaired) electrons. The third-order valence-electron chi connectivity index (χ3n) is 4.41.